The Bertz CT molecular complexity index is 3320. The van der Waals surface area contributed by atoms with Gasteiger partial charge in [0.1, 0.15) is 18.2 Å². The van der Waals surface area contributed by atoms with Crippen LogP contribution in [0, 0.1) is 0 Å². The van der Waals surface area contributed by atoms with Gasteiger partial charge in [-0.25, -0.2) is 4.99 Å². The molecule has 2 unspecified atom stereocenters. The summed E-state index contributed by atoms with van der Waals surface area (Å²) in [6.07, 6.45) is -0.265. The first kappa shape index (κ1) is 32.7. The number of nitrogens with one attached hydrogen (secondary N) is 2. The molecule has 11 aromatic rings. The average molecular weight is 767 g/mol. The minimum absolute atomic E-state index is 0.0857. The summed E-state index contributed by atoms with van der Waals surface area (Å²) in [7, 11) is 0. The maximum Gasteiger partial charge on any atom is 0.133 e. The number of aliphatic imine (C=N–C) groups is 1. The molecule has 0 saturated carbocycles. The van der Waals surface area contributed by atoms with Gasteiger partial charge < -0.3 is 9.88 Å². The van der Waals surface area contributed by atoms with Crippen LogP contribution in [0.2, 0.25) is 0 Å². The minimum Gasteiger partial charge on any atom is -0.350 e. The number of nitrogens with zero attached hydrogens (tertiary/aromatic N) is 2. The molecule has 1 aliphatic rings. The lowest BCUT2D eigenvalue weighted by Gasteiger charge is -2.32. The molecule has 3 aromatic heterocycles. The summed E-state index contributed by atoms with van der Waals surface area (Å²) in [6, 6.07) is 65.9. The van der Waals surface area contributed by atoms with Crippen LogP contribution < -0.4 is 10.6 Å². The normalized spacial score (nSPS) is 15.9. The van der Waals surface area contributed by atoms with Crippen molar-refractivity contribution in [3.63, 3.8) is 0 Å². The lowest BCUT2D eigenvalue weighted by molar-refractivity contribution is 0.409. The maximum absolute atomic E-state index is 5.30. The van der Waals surface area contributed by atoms with Crippen molar-refractivity contribution in [2.75, 3.05) is 0 Å². The maximum atomic E-state index is 5.30. The molecule has 4 heterocycles. The highest BCUT2D eigenvalue weighted by Crippen LogP contribution is 2.45. The first-order valence-electron chi connectivity index (χ1n) is 19.4. The quantitative estimate of drug-likeness (QED) is 0.183. The van der Waals surface area contributed by atoms with E-state index >= 15 is 0 Å². The van der Waals surface area contributed by atoms with E-state index in [-0.39, 0.29) is 12.3 Å². The molecule has 0 saturated heterocycles. The molecule has 0 bridgehead atoms. The van der Waals surface area contributed by atoms with Crippen LogP contribution in [-0.2, 0) is 0 Å². The van der Waals surface area contributed by atoms with Crippen LogP contribution in [0.5, 0.6) is 0 Å². The summed E-state index contributed by atoms with van der Waals surface area (Å²) < 4.78 is 7.58. The Labute approximate surface area is 337 Å². The van der Waals surface area contributed by atoms with Crippen LogP contribution in [-0.4, -0.2) is 10.4 Å². The molecule has 2 N–H and O–H groups in total. The third-order valence-electron chi connectivity index (χ3n) is 11.5. The fraction of sp³-hybridized carbons (Fsp3) is 0.0392. The molecule has 6 heteroatoms. The number of rotatable bonds is 5. The van der Waals surface area contributed by atoms with Gasteiger partial charge in [-0.2, -0.15) is 0 Å². The molecule has 4 nitrogen and oxygen atoms in total. The van der Waals surface area contributed by atoms with Gasteiger partial charge >= 0.3 is 0 Å². The van der Waals surface area contributed by atoms with Crippen molar-refractivity contribution in [2.45, 2.75) is 12.3 Å². The van der Waals surface area contributed by atoms with Crippen molar-refractivity contribution >= 4 is 90.7 Å². The zero-order valence-corrected chi connectivity index (χ0v) is 32.3. The molecule has 1 aliphatic heterocycles. The van der Waals surface area contributed by atoms with E-state index in [0.29, 0.717) is 0 Å². The molecular weight excluding hydrogens is 733 g/mol. The molecule has 57 heavy (non-hydrogen) atoms. The summed E-state index contributed by atoms with van der Waals surface area (Å²) in [6.45, 7) is 0. The Morgan fingerprint density at radius 3 is 1.77 bits per heavy atom. The Morgan fingerprint density at radius 2 is 1.04 bits per heavy atom. The second kappa shape index (κ2) is 13.0. The van der Waals surface area contributed by atoms with Crippen LogP contribution in [0.4, 0.5) is 0 Å². The fourth-order valence-electron chi connectivity index (χ4n) is 8.86. The Morgan fingerprint density at radius 1 is 0.456 bits per heavy atom. The number of hydrogen-bond acceptors (Lipinski definition) is 5. The van der Waals surface area contributed by atoms with Crippen molar-refractivity contribution < 1.29 is 0 Å². The van der Waals surface area contributed by atoms with Gasteiger partial charge in [-0.05, 0) is 52.6 Å². The van der Waals surface area contributed by atoms with Gasteiger partial charge in [0.25, 0.3) is 0 Å². The van der Waals surface area contributed by atoms with Gasteiger partial charge in [-0.3, -0.25) is 5.32 Å². The number of amidine groups is 1. The van der Waals surface area contributed by atoms with E-state index in [9.17, 15) is 0 Å². The Kier molecular flexibility index (Phi) is 7.45. The van der Waals surface area contributed by atoms with Crippen LogP contribution in [0.25, 0.3) is 79.0 Å². The SMILES string of the molecule is c1ccc(C2N=C(c3cccc4c3sc3cc(-c5cccc6c5sc5c(-n7c8ccccc8c8ccccc87)cccc56)ccc34)NC(c3ccccc3)N2)cc1. The molecule has 0 aliphatic carbocycles. The summed E-state index contributed by atoms with van der Waals surface area (Å²) in [4.78, 5) is 5.30. The van der Waals surface area contributed by atoms with E-state index in [2.05, 4.69) is 197 Å². The largest absolute Gasteiger partial charge is 0.350 e. The number of hydrogen-bond donors (Lipinski definition) is 2. The Hall–Kier alpha value is -6.57. The van der Waals surface area contributed by atoms with Gasteiger partial charge in [-0.15, -0.1) is 22.7 Å². The molecule has 2 atom stereocenters. The van der Waals surface area contributed by atoms with E-state index in [1.165, 1.54) is 84.5 Å². The molecular formula is C51H34N4S2. The van der Waals surface area contributed by atoms with Crippen molar-refractivity contribution in [1.29, 1.82) is 0 Å². The van der Waals surface area contributed by atoms with Crippen molar-refractivity contribution in [1.82, 2.24) is 15.2 Å². The van der Waals surface area contributed by atoms with Crippen LogP contribution in [0.15, 0.2) is 187 Å². The van der Waals surface area contributed by atoms with E-state index in [1.807, 2.05) is 22.7 Å². The molecule has 0 spiro atoms. The van der Waals surface area contributed by atoms with Gasteiger partial charge in [0.2, 0.25) is 0 Å². The molecule has 270 valence electrons. The number of benzene rings is 8. The highest BCUT2D eigenvalue weighted by Gasteiger charge is 2.27. The van der Waals surface area contributed by atoms with E-state index in [1.54, 1.807) is 0 Å². The van der Waals surface area contributed by atoms with Gasteiger partial charge in [0.15, 0.2) is 0 Å². The highest BCUT2D eigenvalue weighted by atomic mass is 32.1. The van der Waals surface area contributed by atoms with Gasteiger partial charge in [0, 0.05) is 52.0 Å². The summed E-state index contributed by atoms with van der Waals surface area (Å²) in [5, 5.41) is 15.2. The fourth-order valence-corrected chi connectivity index (χ4v) is 11.5. The topological polar surface area (TPSA) is 41.4 Å². The molecule has 0 fully saturated rings. The standard InChI is InChI=1S/C51H34N4S2/c1-3-14-31(15-4-1)49-52-50(32-16-5-2-6-17-32)54-51(53-49)41-24-12-21-38-37-29-28-33(30-45(37)56-47(38)41)34-20-11-22-39-40-23-13-27-44(48(40)57-46(34)39)55-42-25-9-7-18-35(42)36-19-8-10-26-43(36)55/h1-30,49-50,52H,(H,53,54). The zero-order valence-electron chi connectivity index (χ0n) is 30.7. The number of thiophene rings is 2. The lowest BCUT2D eigenvalue weighted by Crippen LogP contribution is -2.44. The lowest BCUT2D eigenvalue weighted by atomic mass is 10.0. The average Bonchev–Trinajstić information content (AvgIpc) is 3.96. The van der Waals surface area contributed by atoms with Crippen molar-refractivity contribution in [2.24, 2.45) is 4.99 Å². The van der Waals surface area contributed by atoms with Gasteiger partial charge in [-0.1, -0.05) is 152 Å². The zero-order chi connectivity index (χ0) is 37.5. The van der Waals surface area contributed by atoms with Gasteiger partial charge in [0.05, 0.1) is 21.4 Å². The first-order valence-corrected chi connectivity index (χ1v) is 21.0. The van der Waals surface area contributed by atoms with Crippen LogP contribution in [0.3, 0.4) is 0 Å². The van der Waals surface area contributed by atoms with Crippen LogP contribution in [0.1, 0.15) is 29.0 Å². The monoisotopic (exact) mass is 766 g/mol. The number of para-hydroxylation sites is 2. The third kappa shape index (κ3) is 5.19. The van der Waals surface area contributed by atoms with Crippen molar-refractivity contribution in [3.05, 3.63) is 199 Å². The number of fused-ring (bicyclic) bond motifs is 9. The van der Waals surface area contributed by atoms with E-state index in [4.69, 9.17) is 4.99 Å². The van der Waals surface area contributed by atoms with E-state index < -0.39 is 0 Å². The Balaban J connectivity index is 0.993. The molecule has 0 radical (unpaired) electrons. The molecule has 8 aromatic carbocycles. The number of aromatic nitrogens is 1. The second-order valence-corrected chi connectivity index (χ2v) is 16.8. The molecule has 12 rings (SSSR count). The smallest absolute Gasteiger partial charge is 0.133 e. The predicted octanol–water partition coefficient (Wildman–Crippen LogP) is 13.5. The summed E-state index contributed by atoms with van der Waals surface area (Å²) in [5.41, 5.74) is 9.63. The third-order valence-corrected chi connectivity index (χ3v) is 14.0. The van der Waals surface area contributed by atoms with Crippen molar-refractivity contribution in [3.8, 4) is 16.8 Å². The minimum atomic E-state index is -0.179. The summed E-state index contributed by atoms with van der Waals surface area (Å²) >= 11 is 3.76. The van der Waals surface area contributed by atoms with E-state index in [0.717, 1.165) is 17.0 Å². The predicted molar refractivity (Wildman–Crippen MR) is 243 cm³/mol. The summed E-state index contributed by atoms with van der Waals surface area (Å²) in [5.74, 6) is 0.905. The molecule has 0 amide bonds. The highest BCUT2D eigenvalue weighted by molar-refractivity contribution is 7.27. The van der Waals surface area contributed by atoms with Crippen LogP contribution >= 0.6 is 22.7 Å². The second-order valence-electron chi connectivity index (χ2n) is 14.7. The first-order chi connectivity index (χ1) is 28.3.